The highest BCUT2D eigenvalue weighted by Crippen LogP contribution is 2.38. The van der Waals surface area contributed by atoms with E-state index < -0.39 is 0 Å². The summed E-state index contributed by atoms with van der Waals surface area (Å²) in [7, 11) is 0. The number of aliphatic hydroxyl groups excluding tert-OH is 1. The van der Waals surface area contributed by atoms with Crippen LogP contribution in [0.15, 0.2) is 24.3 Å². The fourth-order valence-corrected chi connectivity index (χ4v) is 1.98. The molecule has 1 aliphatic rings. The zero-order valence-corrected chi connectivity index (χ0v) is 8.37. The smallest absolute Gasteiger partial charge is 0.0471 e. The molecule has 2 heteroatoms. The molecule has 1 saturated carbocycles. The highest BCUT2D eigenvalue weighted by Gasteiger charge is 2.33. The molecule has 76 valence electrons. The van der Waals surface area contributed by atoms with E-state index in [0.717, 1.165) is 19.3 Å². The van der Waals surface area contributed by atoms with E-state index in [4.69, 9.17) is 10.8 Å². The number of rotatable bonds is 3. The first-order valence-corrected chi connectivity index (χ1v) is 5.24. The van der Waals surface area contributed by atoms with Crippen LogP contribution < -0.4 is 5.73 Å². The van der Waals surface area contributed by atoms with Crippen molar-refractivity contribution in [2.24, 2.45) is 5.73 Å². The lowest BCUT2D eigenvalue weighted by molar-refractivity contribution is 0.253. The van der Waals surface area contributed by atoms with Crippen LogP contribution in [0.1, 0.15) is 30.4 Å². The monoisotopic (exact) mass is 191 g/mol. The first-order valence-electron chi connectivity index (χ1n) is 5.24. The van der Waals surface area contributed by atoms with Crippen LogP contribution in [-0.2, 0) is 12.0 Å². The van der Waals surface area contributed by atoms with Gasteiger partial charge in [-0.1, -0.05) is 24.3 Å². The largest absolute Gasteiger partial charge is 0.396 e. The zero-order chi connectivity index (χ0) is 10.0. The van der Waals surface area contributed by atoms with Crippen molar-refractivity contribution in [1.82, 2.24) is 0 Å². The Labute approximate surface area is 84.7 Å². The van der Waals surface area contributed by atoms with Crippen molar-refractivity contribution in [2.75, 3.05) is 6.61 Å². The Bertz CT molecular complexity index is 301. The number of hydrogen-bond acceptors (Lipinski definition) is 2. The number of nitrogens with two attached hydrogens (primary N) is 1. The molecule has 0 bridgehead atoms. The maximum Gasteiger partial charge on any atom is 0.0471 e. The normalized spacial score (nSPS) is 19.0. The zero-order valence-electron chi connectivity index (χ0n) is 8.37. The lowest BCUT2D eigenvalue weighted by Crippen LogP contribution is -2.43. The van der Waals surface area contributed by atoms with Gasteiger partial charge in [0.2, 0.25) is 0 Å². The highest BCUT2D eigenvalue weighted by atomic mass is 16.2. The SMILES string of the molecule is NC1(c2ccc(CCO)cc2)CCC1. The molecule has 1 aromatic rings. The number of benzene rings is 1. The fourth-order valence-electron chi connectivity index (χ4n) is 1.98. The minimum Gasteiger partial charge on any atom is -0.396 e. The summed E-state index contributed by atoms with van der Waals surface area (Å²) in [6.07, 6.45) is 4.19. The lowest BCUT2D eigenvalue weighted by Gasteiger charge is -2.38. The van der Waals surface area contributed by atoms with E-state index in [1.165, 1.54) is 17.5 Å². The molecule has 0 radical (unpaired) electrons. The second-order valence-electron chi connectivity index (χ2n) is 4.18. The summed E-state index contributed by atoms with van der Waals surface area (Å²) in [5.74, 6) is 0. The van der Waals surface area contributed by atoms with Crippen LogP contribution in [0.2, 0.25) is 0 Å². The topological polar surface area (TPSA) is 46.2 Å². The van der Waals surface area contributed by atoms with Gasteiger partial charge in [-0.05, 0) is 36.8 Å². The third-order valence-electron chi connectivity index (χ3n) is 3.18. The molecule has 0 saturated heterocycles. The summed E-state index contributed by atoms with van der Waals surface area (Å²) in [6.45, 7) is 0.215. The first kappa shape index (κ1) is 9.69. The molecule has 3 N–H and O–H groups in total. The van der Waals surface area contributed by atoms with Crippen molar-refractivity contribution in [3.05, 3.63) is 35.4 Å². The highest BCUT2D eigenvalue weighted by molar-refractivity contribution is 5.30. The second kappa shape index (κ2) is 3.71. The standard InChI is InChI=1S/C12H17NO/c13-12(7-1-8-12)11-4-2-10(3-5-11)6-9-14/h2-5,14H,1,6-9,13H2. The van der Waals surface area contributed by atoms with Gasteiger partial charge < -0.3 is 10.8 Å². The second-order valence-corrected chi connectivity index (χ2v) is 4.18. The van der Waals surface area contributed by atoms with Crippen molar-refractivity contribution < 1.29 is 5.11 Å². The Morgan fingerprint density at radius 2 is 1.86 bits per heavy atom. The van der Waals surface area contributed by atoms with Gasteiger partial charge in [0.05, 0.1) is 0 Å². The first-order chi connectivity index (χ1) is 6.74. The summed E-state index contributed by atoms with van der Waals surface area (Å²) in [4.78, 5) is 0. The Kier molecular flexibility index (Phi) is 2.57. The molecule has 2 rings (SSSR count). The van der Waals surface area contributed by atoms with Crippen molar-refractivity contribution in [3.8, 4) is 0 Å². The maximum absolute atomic E-state index is 8.78. The van der Waals surface area contributed by atoms with Gasteiger partial charge in [-0.15, -0.1) is 0 Å². The molecule has 0 atom stereocenters. The van der Waals surface area contributed by atoms with Crippen LogP contribution in [0.4, 0.5) is 0 Å². The molecule has 2 nitrogen and oxygen atoms in total. The molecule has 14 heavy (non-hydrogen) atoms. The molecular weight excluding hydrogens is 174 g/mol. The third kappa shape index (κ3) is 1.68. The molecule has 1 fully saturated rings. The average molecular weight is 191 g/mol. The van der Waals surface area contributed by atoms with E-state index in [0.29, 0.717) is 0 Å². The average Bonchev–Trinajstić information content (AvgIpc) is 2.16. The van der Waals surface area contributed by atoms with E-state index in [1.54, 1.807) is 0 Å². The van der Waals surface area contributed by atoms with Crippen molar-refractivity contribution in [3.63, 3.8) is 0 Å². The van der Waals surface area contributed by atoms with E-state index >= 15 is 0 Å². The van der Waals surface area contributed by atoms with Crippen molar-refractivity contribution in [2.45, 2.75) is 31.2 Å². The van der Waals surface area contributed by atoms with E-state index in [9.17, 15) is 0 Å². The molecule has 1 aromatic carbocycles. The Hall–Kier alpha value is -0.860. The Morgan fingerprint density at radius 1 is 1.21 bits per heavy atom. The van der Waals surface area contributed by atoms with Gasteiger partial charge in [-0.2, -0.15) is 0 Å². The Balaban J connectivity index is 2.13. The van der Waals surface area contributed by atoms with Gasteiger partial charge in [0.25, 0.3) is 0 Å². The van der Waals surface area contributed by atoms with Crippen LogP contribution >= 0.6 is 0 Å². The lowest BCUT2D eigenvalue weighted by atomic mass is 9.73. The molecule has 0 unspecified atom stereocenters. The molecule has 0 heterocycles. The Morgan fingerprint density at radius 3 is 2.29 bits per heavy atom. The summed E-state index contributed by atoms with van der Waals surface area (Å²) < 4.78 is 0. The molecule has 0 aromatic heterocycles. The van der Waals surface area contributed by atoms with Gasteiger partial charge in [-0.25, -0.2) is 0 Å². The molecular formula is C12H17NO. The molecule has 1 aliphatic carbocycles. The number of hydrogen-bond donors (Lipinski definition) is 2. The van der Waals surface area contributed by atoms with Crippen LogP contribution in [0.5, 0.6) is 0 Å². The van der Waals surface area contributed by atoms with Crippen LogP contribution in [0.25, 0.3) is 0 Å². The van der Waals surface area contributed by atoms with Gasteiger partial charge in [0, 0.05) is 12.1 Å². The van der Waals surface area contributed by atoms with Crippen LogP contribution in [-0.4, -0.2) is 11.7 Å². The predicted octanol–water partition coefficient (Wildman–Crippen LogP) is 1.56. The van der Waals surface area contributed by atoms with Crippen LogP contribution in [0, 0.1) is 0 Å². The summed E-state index contributed by atoms with van der Waals surface area (Å²) in [5, 5.41) is 8.78. The third-order valence-corrected chi connectivity index (χ3v) is 3.18. The van der Waals surface area contributed by atoms with Gasteiger partial charge in [-0.3, -0.25) is 0 Å². The van der Waals surface area contributed by atoms with E-state index in [1.807, 2.05) is 0 Å². The van der Waals surface area contributed by atoms with Crippen molar-refractivity contribution >= 4 is 0 Å². The van der Waals surface area contributed by atoms with Gasteiger partial charge >= 0.3 is 0 Å². The van der Waals surface area contributed by atoms with Crippen molar-refractivity contribution in [1.29, 1.82) is 0 Å². The summed E-state index contributed by atoms with van der Waals surface area (Å²) in [5.41, 5.74) is 8.56. The number of aliphatic hydroxyl groups is 1. The molecule has 0 amide bonds. The molecule has 0 aliphatic heterocycles. The molecule has 0 spiro atoms. The fraction of sp³-hybridized carbons (Fsp3) is 0.500. The summed E-state index contributed by atoms with van der Waals surface area (Å²) in [6, 6.07) is 8.34. The van der Waals surface area contributed by atoms with E-state index in [2.05, 4.69) is 24.3 Å². The van der Waals surface area contributed by atoms with Gasteiger partial charge in [0.15, 0.2) is 0 Å². The predicted molar refractivity (Wildman–Crippen MR) is 56.9 cm³/mol. The maximum atomic E-state index is 8.78. The van der Waals surface area contributed by atoms with Gasteiger partial charge in [0.1, 0.15) is 0 Å². The van der Waals surface area contributed by atoms with E-state index in [-0.39, 0.29) is 12.1 Å². The summed E-state index contributed by atoms with van der Waals surface area (Å²) >= 11 is 0. The minimum atomic E-state index is -0.0578. The van der Waals surface area contributed by atoms with Crippen LogP contribution in [0.3, 0.4) is 0 Å². The minimum absolute atomic E-state index is 0.0578. The quantitative estimate of drug-likeness (QED) is 0.761.